The minimum absolute atomic E-state index is 0.00123. The number of rotatable bonds is 2. The molecule has 0 radical (unpaired) electrons. The monoisotopic (exact) mass is 227 g/mol. The summed E-state index contributed by atoms with van der Waals surface area (Å²) in [4.78, 5) is 24.8. The summed E-state index contributed by atoms with van der Waals surface area (Å²) in [6, 6.07) is -0.0846. The molecule has 0 aromatic rings. The van der Waals surface area contributed by atoms with Gasteiger partial charge in [-0.3, -0.25) is 14.5 Å². The minimum Gasteiger partial charge on any atom is -0.469 e. The van der Waals surface area contributed by atoms with Crippen molar-refractivity contribution in [2.24, 2.45) is 5.92 Å². The van der Waals surface area contributed by atoms with E-state index in [9.17, 15) is 9.59 Å². The van der Waals surface area contributed by atoms with Crippen LogP contribution in [0.25, 0.3) is 0 Å². The topological polar surface area (TPSA) is 55.8 Å². The van der Waals surface area contributed by atoms with Crippen molar-refractivity contribution in [2.75, 3.05) is 26.8 Å². The van der Waals surface area contributed by atoms with E-state index >= 15 is 0 Å². The first-order chi connectivity index (χ1) is 7.72. The van der Waals surface area contributed by atoms with Gasteiger partial charge >= 0.3 is 11.9 Å². The number of esters is 2. The molecule has 0 unspecified atom stereocenters. The van der Waals surface area contributed by atoms with Gasteiger partial charge in [0.2, 0.25) is 0 Å². The van der Waals surface area contributed by atoms with Crippen LogP contribution in [0.2, 0.25) is 0 Å². The normalized spacial score (nSPS) is 27.8. The van der Waals surface area contributed by atoms with Crippen LogP contribution in [-0.2, 0) is 19.1 Å². The first-order valence-corrected chi connectivity index (χ1v) is 5.71. The molecule has 0 bridgehead atoms. The van der Waals surface area contributed by atoms with Crippen molar-refractivity contribution < 1.29 is 19.1 Å². The van der Waals surface area contributed by atoms with Crippen molar-refractivity contribution >= 4 is 11.9 Å². The second-order valence-electron chi connectivity index (χ2n) is 4.31. The van der Waals surface area contributed by atoms with E-state index in [-0.39, 0.29) is 23.9 Å². The van der Waals surface area contributed by atoms with Crippen molar-refractivity contribution in [3.05, 3.63) is 0 Å². The molecule has 2 aliphatic rings. The fraction of sp³-hybridized carbons (Fsp3) is 0.818. The van der Waals surface area contributed by atoms with E-state index in [0.29, 0.717) is 6.61 Å². The summed E-state index contributed by atoms with van der Waals surface area (Å²) in [6.45, 7) is 2.08. The van der Waals surface area contributed by atoms with Crippen molar-refractivity contribution in [3.63, 3.8) is 0 Å². The molecule has 2 aliphatic heterocycles. The fourth-order valence-electron chi connectivity index (χ4n) is 2.43. The highest BCUT2D eigenvalue weighted by Crippen LogP contribution is 2.23. The van der Waals surface area contributed by atoms with E-state index < -0.39 is 0 Å². The Morgan fingerprint density at radius 2 is 2.06 bits per heavy atom. The summed E-state index contributed by atoms with van der Waals surface area (Å²) < 4.78 is 9.66. The summed E-state index contributed by atoms with van der Waals surface area (Å²) in [5.74, 6) is -0.246. The van der Waals surface area contributed by atoms with E-state index in [4.69, 9.17) is 9.47 Å². The summed E-state index contributed by atoms with van der Waals surface area (Å²) in [6.07, 6.45) is 2.33. The smallest absolute Gasteiger partial charge is 0.323 e. The number of piperidine rings is 1. The first-order valence-electron chi connectivity index (χ1n) is 5.71. The van der Waals surface area contributed by atoms with Crippen LogP contribution in [0.4, 0.5) is 0 Å². The van der Waals surface area contributed by atoms with Gasteiger partial charge in [0.1, 0.15) is 6.04 Å². The van der Waals surface area contributed by atoms with Crippen molar-refractivity contribution in [1.29, 1.82) is 0 Å². The molecule has 2 fully saturated rings. The molecular formula is C11H17NO4. The summed E-state index contributed by atoms with van der Waals surface area (Å²) in [5.41, 5.74) is 0. The van der Waals surface area contributed by atoms with Gasteiger partial charge < -0.3 is 9.47 Å². The first kappa shape index (κ1) is 11.4. The maximum Gasteiger partial charge on any atom is 0.323 e. The van der Waals surface area contributed by atoms with Gasteiger partial charge in [-0.1, -0.05) is 0 Å². The Bertz CT molecular complexity index is 284. The Hall–Kier alpha value is -1.10. The third kappa shape index (κ3) is 2.19. The summed E-state index contributed by atoms with van der Waals surface area (Å²) in [5, 5.41) is 0. The molecule has 90 valence electrons. The molecule has 1 atom stereocenters. The largest absolute Gasteiger partial charge is 0.469 e. The molecule has 0 aliphatic carbocycles. The standard InChI is InChI=1S/C11H17NO4/c1-15-10(13)8-2-5-12(6-3-8)9-4-7-16-11(9)14/h8-9H,2-7H2,1H3/t9-/m0/s1. The van der Waals surface area contributed by atoms with Gasteiger partial charge in [-0.05, 0) is 25.9 Å². The van der Waals surface area contributed by atoms with Crippen LogP contribution < -0.4 is 0 Å². The van der Waals surface area contributed by atoms with Gasteiger partial charge in [-0.15, -0.1) is 0 Å². The third-order valence-electron chi connectivity index (χ3n) is 3.41. The fourth-order valence-corrected chi connectivity index (χ4v) is 2.43. The van der Waals surface area contributed by atoms with Crippen LogP contribution in [0, 0.1) is 5.92 Å². The number of methoxy groups -OCH3 is 1. The molecule has 2 rings (SSSR count). The van der Waals surface area contributed by atoms with Gasteiger partial charge in [0, 0.05) is 6.42 Å². The number of cyclic esters (lactones) is 1. The highest BCUT2D eigenvalue weighted by atomic mass is 16.5. The van der Waals surface area contributed by atoms with E-state index in [1.54, 1.807) is 0 Å². The average Bonchev–Trinajstić information content (AvgIpc) is 2.75. The van der Waals surface area contributed by atoms with Crippen LogP contribution in [0.3, 0.4) is 0 Å². The van der Waals surface area contributed by atoms with Gasteiger partial charge in [0.25, 0.3) is 0 Å². The lowest BCUT2D eigenvalue weighted by Crippen LogP contribution is -2.45. The highest BCUT2D eigenvalue weighted by Gasteiger charge is 2.35. The molecule has 5 heteroatoms. The number of ether oxygens (including phenoxy) is 2. The Balaban J connectivity index is 1.85. The zero-order valence-corrected chi connectivity index (χ0v) is 9.48. The van der Waals surface area contributed by atoms with Crippen molar-refractivity contribution in [3.8, 4) is 0 Å². The molecular weight excluding hydrogens is 210 g/mol. The predicted octanol–water partition coefficient (Wildman–Crippen LogP) is 0.187. The molecule has 2 heterocycles. The molecule has 5 nitrogen and oxygen atoms in total. The Morgan fingerprint density at radius 1 is 1.38 bits per heavy atom. The van der Waals surface area contributed by atoms with E-state index in [2.05, 4.69) is 4.90 Å². The number of hydrogen-bond acceptors (Lipinski definition) is 5. The number of nitrogens with zero attached hydrogens (tertiary/aromatic N) is 1. The van der Waals surface area contributed by atoms with Gasteiger partial charge in [0.05, 0.1) is 19.6 Å². The zero-order valence-electron chi connectivity index (χ0n) is 9.48. The predicted molar refractivity (Wildman–Crippen MR) is 55.7 cm³/mol. The number of carbonyl (C=O) groups excluding carboxylic acids is 2. The van der Waals surface area contributed by atoms with Crippen molar-refractivity contribution in [2.45, 2.75) is 25.3 Å². The lowest BCUT2D eigenvalue weighted by molar-refractivity contribution is -0.147. The molecule has 0 aromatic carbocycles. The maximum atomic E-state index is 11.4. The zero-order chi connectivity index (χ0) is 11.5. The molecule has 0 spiro atoms. The SMILES string of the molecule is COC(=O)C1CCN([C@H]2CCOC2=O)CC1. The van der Waals surface area contributed by atoms with Crippen LogP contribution in [0.5, 0.6) is 0 Å². The van der Waals surface area contributed by atoms with Crippen LogP contribution in [0.15, 0.2) is 0 Å². The molecule has 0 saturated carbocycles. The van der Waals surface area contributed by atoms with Gasteiger partial charge in [-0.2, -0.15) is 0 Å². The number of hydrogen-bond donors (Lipinski definition) is 0. The molecule has 0 aromatic heterocycles. The lowest BCUT2D eigenvalue weighted by atomic mass is 9.95. The molecule has 2 saturated heterocycles. The van der Waals surface area contributed by atoms with Gasteiger partial charge in [-0.25, -0.2) is 0 Å². The molecule has 0 N–H and O–H groups in total. The molecule has 16 heavy (non-hydrogen) atoms. The van der Waals surface area contributed by atoms with Gasteiger partial charge in [0.15, 0.2) is 0 Å². The Labute approximate surface area is 94.7 Å². The number of likely N-dealkylation sites (tertiary alicyclic amines) is 1. The Kier molecular flexibility index (Phi) is 3.43. The van der Waals surface area contributed by atoms with E-state index in [1.165, 1.54) is 7.11 Å². The third-order valence-corrected chi connectivity index (χ3v) is 3.41. The highest BCUT2D eigenvalue weighted by molar-refractivity contribution is 5.77. The quantitative estimate of drug-likeness (QED) is 0.630. The minimum atomic E-state index is -0.131. The second kappa shape index (κ2) is 4.82. The van der Waals surface area contributed by atoms with E-state index in [1.807, 2.05) is 0 Å². The number of carbonyl (C=O) groups is 2. The van der Waals surface area contributed by atoms with Crippen LogP contribution >= 0.6 is 0 Å². The van der Waals surface area contributed by atoms with E-state index in [0.717, 1.165) is 32.4 Å². The lowest BCUT2D eigenvalue weighted by Gasteiger charge is -2.32. The second-order valence-corrected chi connectivity index (χ2v) is 4.31. The van der Waals surface area contributed by atoms with Crippen LogP contribution in [-0.4, -0.2) is 49.7 Å². The molecule has 0 amide bonds. The van der Waals surface area contributed by atoms with Crippen molar-refractivity contribution in [1.82, 2.24) is 4.90 Å². The summed E-state index contributed by atoms with van der Waals surface area (Å²) >= 11 is 0. The average molecular weight is 227 g/mol. The summed E-state index contributed by atoms with van der Waals surface area (Å²) in [7, 11) is 1.42. The maximum absolute atomic E-state index is 11.4. The van der Waals surface area contributed by atoms with Crippen LogP contribution in [0.1, 0.15) is 19.3 Å². The Morgan fingerprint density at radius 3 is 2.56 bits per heavy atom.